The number of carbonyl (C=O) groups excluding carboxylic acids is 6. The van der Waals surface area contributed by atoms with Crippen molar-refractivity contribution in [3.63, 3.8) is 0 Å². The Kier molecular flexibility index (Phi) is 14.7. The quantitative estimate of drug-likeness (QED) is 0.109. The third kappa shape index (κ3) is 9.87. The van der Waals surface area contributed by atoms with Crippen LogP contribution in [-0.4, -0.2) is 112 Å². The van der Waals surface area contributed by atoms with Crippen molar-refractivity contribution >= 4 is 35.8 Å². The number of rotatable bonds is 11. The van der Waals surface area contributed by atoms with E-state index in [1.54, 1.807) is 68.5 Å². The predicted molar refractivity (Wildman–Crippen MR) is 248 cm³/mol. The van der Waals surface area contributed by atoms with Gasteiger partial charge in [0.2, 0.25) is 12.0 Å². The van der Waals surface area contributed by atoms with Crippen molar-refractivity contribution in [3.05, 3.63) is 95.1 Å². The molecule has 1 saturated heterocycles. The summed E-state index contributed by atoms with van der Waals surface area (Å²) in [6.07, 6.45) is -4.83. The molecule has 2 unspecified atom stereocenters. The molecule has 69 heavy (non-hydrogen) atoms. The first kappa shape index (κ1) is 51.4. The minimum absolute atomic E-state index is 0.0237. The molecular formula is C53H67NO15. The SMILES string of the molecule is CC(=O)O[C@@]12CO[C@@H]1C[C@H](O)[C@@]1(C)C(=O)[C@H](O)C3=C(C)[C@@H](OC(=O)[C@H](OC(=O)OC4/C=C/CCCCC4)[C@@H](NC(=O)CC(C)(C)C)c4ccccc4)C[C@@](O)([C@@H](OC(=O)c4ccccc4)C12)C3(C)C. The van der Waals surface area contributed by atoms with E-state index in [4.69, 9.17) is 28.4 Å². The molecule has 0 spiro atoms. The highest BCUT2D eigenvalue weighted by atomic mass is 16.7. The number of nitrogens with one attached hydrogen (secondary N) is 1. The number of carbonyl (C=O) groups is 6. The molecule has 16 nitrogen and oxygen atoms in total. The number of Topliss-reactive ketones (excluding diaryl/α,β-unsaturated/α-hetero) is 1. The molecule has 12 atom stereocenters. The van der Waals surface area contributed by atoms with Crippen molar-refractivity contribution in [3.8, 4) is 0 Å². The van der Waals surface area contributed by atoms with Gasteiger partial charge in [0.25, 0.3) is 0 Å². The van der Waals surface area contributed by atoms with Gasteiger partial charge in [-0.25, -0.2) is 14.4 Å². The molecule has 2 aromatic rings. The van der Waals surface area contributed by atoms with Gasteiger partial charge in [0.1, 0.15) is 42.2 Å². The van der Waals surface area contributed by atoms with Crippen LogP contribution in [-0.2, 0) is 47.6 Å². The molecule has 2 saturated carbocycles. The molecule has 2 aromatic carbocycles. The monoisotopic (exact) mass is 957 g/mol. The summed E-state index contributed by atoms with van der Waals surface area (Å²) < 4.78 is 36.4. The molecule has 0 aromatic heterocycles. The van der Waals surface area contributed by atoms with Crippen LogP contribution >= 0.6 is 0 Å². The first-order valence-electron chi connectivity index (χ1n) is 23.9. The van der Waals surface area contributed by atoms with Gasteiger partial charge in [0.05, 0.1) is 29.6 Å². The minimum atomic E-state index is -2.41. The van der Waals surface area contributed by atoms with Crippen LogP contribution in [0.15, 0.2) is 84.0 Å². The average molecular weight is 958 g/mol. The zero-order valence-corrected chi connectivity index (χ0v) is 40.7. The van der Waals surface area contributed by atoms with E-state index in [9.17, 15) is 34.5 Å². The van der Waals surface area contributed by atoms with Gasteiger partial charge < -0.3 is 49.1 Å². The number of hydrogen-bond donors (Lipinski definition) is 4. The van der Waals surface area contributed by atoms with E-state index in [0.29, 0.717) is 12.0 Å². The zero-order valence-electron chi connectivity index (χ0n) is 40.7. The number of hydrogen-bond acceptors (Lipinski definition) is 15. The lowest BCUT2D eigenvalue weighted by atomic mass is 9.44. The van der Waals surface area contributed by atoms with Crippen molar-refractivity contribution < 1.29 is 72.5 Å². The molecule has 0 radical (unpaired) electrons. The second-order valence-corrected chi connectivity index (χ2v) is 21.3. The van der Waals surface area contributed by atoms with Gasteiger partial charge in [-0.15, -0.1) is 0 Å². The summed E-state index contributed by atoms with van der Waals surface area (Å²) in [6.45, 7) is 12.5. The summed E-state index contributed by atoms with van der Waals surface area (Å²) in [6, 6.07) is 14.9. The van der Waals surface area contributed by atoms with Crippen LogP contribution in [0.2, 0.25) is 0 Å². The van der Waals surface area contributed by atoms with Crippen LogP contribution in [0.5, 0.6) is 0 Å². The fourth-order valence-corrected chi connectivity index (χ4v) is 11.4. The molecule has 3 fully saturated rings. The number of benzene rings is 2. The number of amides is 1. The van der Waals surface area contributed by atoms with Crippen LogP contribution < -0.4 is 5.32 Å². The second kappa shape index (κ2) is 19.8. The van der Waals surface area contributed by atoms with Crippen LogP contribution in [0.4, 0.5) is 4.79 Å². The summed E-state index contributed by atoms with van der Waals surface area (Å²) in [5.74, 6) is -5.84. The zero-order chi connectivity index (χ0) is 50.3. The molecule has 1 aliphatic heterocycles. The third-order valence-corrected chi connectivity index (χ3v) is 15.1. The van der Waals surface area contributed by atoms with Gasteiger partial charge in [-0.3, -0.25) is 14.4 Å². The number of aliphatic hydroxyl groups is 3. The highest BCUT2D eigenvalue weighted by Gasteiger charge is 2.78. The van der Waals surface area contributed by atoms with Gasteiger partial charge in [-0.1, -0.05) is 95.6 Å². The number of ketones is 1. The minimum Gasteiger partial charge on any atom is -0.455 e. The predicted octanol–water partition coefficient (Wildman–Crippen LogP) is 6.34. The maximum atomic E-state index is 15.2. The smallest absolute Gasteiger partial charge is 0.455 e. The molecular weight excluding hydrogens is 891 g/mol. The van der Waals surface area contributed by atoms with Gasteiger partial charge in [-0.2, -0.15) is 0 Å². The maximum Gasteiger partial charge on any atom is 0.509 e. The van der Waals surface area contributed by atoms with Gasteiger partial charge in [-0.05, 0) is 79.9 Å². The topological polar surface area (TPSA) is 231 Å². The van der Waals surface area contributed by atoms with E-state index in [1.807, 2.05) is 26.8 Å². The van der Waals surface area contributed by atoms with Gasteiger partial charge >= 0.3 is 24.1 Å². The summed E-state index contributed by atoms with van der Waals surface area (Å²) in [5.41, 5.74) is -7.87. The standard InChI is InChI=1S/C53H67NO15/c1-30-35(66-47(61)42(67-48(62)65-34-24-18-10-9-11-19-25-34)40(32-20-14-12-15-21-32)54-38(57)28-49(3,4)5)27-53(63)45(68-46(60)33-22-16-13-17-23-33)43-51(8,44(59)41(58)39(30)50(53,6)7)36(56)26-37-52(43,29-64-37)69-31(2)55/h12-18,20-24,34-37,40-43,45,56,58,63H,9-11,19,25-29H2,1-8H3,(H,54,57)/b24-18+/t34?,35-,36-,37+,40-,41+,42+,43?,45-,51+,52-,53+/m0/s1. The van der Waals surface area contributed by atoms with Crippen molar-refractivity contribution in [1.29, 1.82) is 0 Å². The molecule has 7 rings (SSSR count). The van der Waals surface area contributed by atoms with E-state index < -0.39 is 124 Å². The number of fused-ring (bicyclic) bond motifs is 5. The van der Waals surface area contributed by atoms with E-state index in [1.165, 1.54) is 26.0 Å². The van der Waals surface area contributed by atoms with E-state index in [2.05, 4.69) is 5.32 Å². The third-order valence-electron chi connectivity index (χ3n) is 15.1. The molecule has 374 valence electrons. The van der Waals surface area contributed by atoms with Crippen molar-refractivity contribution in [2.24, 2.45) is 22.2 Å². The number of esters is 3. The molecule has 4 aliphatic carbocycles. The van der Waals surface area contributed by atoms with Crippen LogP contribution in [0.1, 0.15) is 129 Å². The number of aliphatic hydroxyl groups excluding tert-OH is 2. The van der Waals surface area contributed by atoms with E-state index >= 15 is 9.59 Å². The van der Waals surface area contributed by atoms with Gasteiger partial charge in [0.15, 0.2) is 11.4 Å². The fourth-order valence-electron chi connectivity index (χ4n) is 11.4. The Morgan fingerprint density at radius 2 is 1.58 bits per heavy atom. The summed E-state index contributed by atoms with van der Waals surface area (Å²) in [7, 11) is 0. The second-order valence-electron chi connectivity index (χ2n) is 21.3. The first-order valence-corrected chi connectivity index (χ1v) is 23.9. The lowest BCUT2D eigenvalue weighted by Gasteiger charge is -2.67. The highest BCUT2D eigenvalue weighted by Crippen LogP contribution is 2.64. The summed E-state index contributed by atoms with van der Waals surface area (Å²) in [4.78, 5) is 85.4. The lowest BCUT2D eigenvalue weighted by molar-refractivity contribution is -0.346. The molecule has 1 heterocycles. The molecule has 1 amide bonds. The lowest BCUT2D eigenvalue weighted by Crippen LogP contribution is -2.81. The Hall–Kier alpha value is -5.42. The Labute approximate surface area is 403 Å². The van der Waals surface area contributed by atoms with Crippen molar-refractivity contribution in [2.75, 3.05) is 6.61 Å². The molecule has 16 heteroatoms. The summed E-state index contributed by atoms with van der Waals surface area (Å²) >= 11 is 0. The van der Waals surface area contributed by atoms with Crippen LogP contribution in [0.3, 0.4) is 0 Å². The molecule has 4 N–H and O–H groups in total. The van der Waals surface area contributed by atoms with Crippen LogP contribution in [0, 0.1) is 22.2 Å². The fraction of sp³-hybridized carbons (Fsp3) is 0.585. The normalized spacial score (nSPS) is 33.1. The molecule has 2 bridgehead atoms. The Morgan fingerprint density at radius 3 is 2.20 bits per heavy atom. The Morgan fingerprint density at radius 1 is 0.913 bits per heavy atom. The van der Waals surface area contributed by atoms with E-state index in [0.717, 1.165) is 32.6 Å². The Bertz CT molecular complexity index is 2340. The largest absolute Gasteiger partial charge is 0.509 e. The van der Waals surface area contributed by atoms with Crippen molar-refractivity contribution in [1.82, 2.24) is 5.32 Å². The van der Waals surface area contributed by atoms with Crippen molar-refractivity contribution in [2.45, 2.75) is 167 Å². The number of allylic oxidation sites excluding steroid dienone is 1. The van der Waals surface area contributed by atoms with Gasteiger partial charge in [0, 0.05) is 31.6 Å². The van der Waals surface area contributed by atoms with E-state index in [-0.39, 0.29) is 36.2 Å². The molecule has 5 aliphatic rings. The Balaban J connectivity index is 1.36. The summed E-state index contributed by atoms with van der Waals surface area (Å²) in [5, 5.41) is 41.1. The maximum absolute atomic E-state index is 15.2. The van der Waals surface area contributed by atoms with Crippen LogP contribution in [0.25, 0.3) is 0 Å². The highest BCUT2D eigenvalue weighted by molar-refractivity contribution is 5.94. The average Bonchev–Trinajstić information content (AvgIpc) is 3.26. The number of ether oxygens (including phenoxy) is 6. The first-order chi connectivity index (χ1) is 32.4.